The van der Waals surface area contributed by atoms with Crippen LogP contribution in [-0.2, 0) is 18.4 Å². The molecule has 8 nitrogen and oxygen atoms in total. The number of amides is 1. The summed E-state index contributed by atoms with van der Waals surface area (Å²) in [6, 6.07) is -0.903. The number of nitrogens with one attached hydrogen (secondary N) is 1. The third kappa shape index (κ3) is 76.2. The molecule has 0 spiro atoms. The summed E-state index contributed by atoms with van der Waals surface area (Å²) in [7, 11) is 1.27. The van der Waals surface area contributed by atoms with Gasteiger partial charge in [0.1, 0.15) is 13.2 Å². The lowest BCUT2D eigenvalue weighted by Crippen LogP contribution is -2.45. The van der Waals surface area contributed by atoms with Gasteiger partial charge in [-0.2, -0.15) is 0 Å². The fraction of sp³-hybridized carbons (Fsp3) is 0.939. The predicted octanol–water partition coefficient (Wildman–Crippen LogP) is 26.3. The topological polar surface area (TPSA) is 108 Å². The largest absolute Gasteiger partial charge is 0.756 e. The number of hydrogen-bond donors (Lipinski definition) is 2. The number of aliphatic hydroxyl groups excluding tert-OH is 1. The van der Waals surface area contributed by atoms with Crippen molar-refractivity contribution in [1.29, 1.82) is 0 Å². The molecule has 0 fully saturated rings. The average molecular weight is 1300 g/mol. The molecule has 0 heterocycles. The zero-order chi connectivity index (χ0) is 66.2. The molecule has 3 unspecified atom stereocenters. The van der Waals surface area contributed by atoms with Crippen LogP contribution in [-0.4, -0.2) is 68.5 Å². The van der Waals surface area contributed by atoms with Crippen molar-refractivity contribution < 1.29 is 32.9 Å². The maximum Gasteiger partial charge on any atom is 0.268 e. The number of carbonyl (C=O) groups is 1. The van der Waals surface area contributed by atoms with Crippen molar-refractivity contribution in [2.75, 3.05) is 40.9 Å². The first kappa shape index (κ1) is 90.0. The highest BCUT2D eigenvalue weighted by atomic mass is 31.2. The van der Waals surface area contributed by atoms with Crippen LogP contribution in [0.2, 0.25) is 0 Å². The summed E-state index contributed by atoms with van der Waals surface area (Å²) in [5, 5.41) is 14.0. The van der Waals surface area contributed by atoms with Gasteiger partial charge < -0.3 is 28.8 Å². The summed E-state index contributed by atoms with van der Waals surface area (Å²) in [6.45, 7) is 4.71. The maximum absolute atomic E-state index is 13.1. The minimum absolute atomic E-state index is 0.00325. The van der Waals surface area contributed by atoms with Crippen LogP contribution in [0.4, 0.5) is 0 Å². The molecule has 0 radical (unpaired) electrons. The molecular weight excluding hydrogens is 1140 g/mol. The Morgan fingerprint density at radius 2 is 0.615 bits per heavy atom. The van der Waals surface area contributed by atoms with E-state index in [4.69, 9.17) is 9.05 Å². The van der Waals surface area contributed by atoms with E-state index < -0.39 is 20.0 Å². The van der Waals surface area contributed by atoms with Crippen LogP contribution < -0.4 is 10.2 Å². The molecule has 0 aliphatic rings. The molecule has 0 aliphatic carbocycles. The fourth-order valence-electron chi connectivity index (χ4n) is 13.1. The van der Waals surface area contributed by atoms with E-state index in [1.54, 1.807) is 6.08 Å². The Morgan fingerprint density at radius 1 is 0.374 bits per heavy atom. The van der Waals surface area contributed by atoms with Crippen LogP contribution in [0.5, 0.6) is 0 Å². The first-order valence-electron chi connectivity index (χ1n) is 41.2. The van der Waals surface area contributed by atoms with Gasteiger partial charge in [0.15, 0.2) is 0 Å². The maximum atomic E-state index is 13.1. The molecule has 0 aromatic carbocycles. The molecule has 0 saturated heterocycles. The molecule has 0 aromatic heterocycles. The van der Waals surface area contributed by atoms with E-state index in [2.05, 4.69) is 31.3 Å². The number of unbranched alkanes of at least 4 members (excludes halogenated alkanes) is 63. The quantitative estimate of drug-likeness (QED) is 0.0272. The van der Waals surface area contributed by atoms with Gasteiger partial charge in [-0.1, -0.05) is 430 Å². The van der Waals surface area contributed by atoms with Crippen LogP contribution in [0.1, 0.15) is 444 Å². The highest BCUT2D eigenvalue weighted by Crippen LogP contribution is 2.38. The van der Waals surface area contributed by atoms with Gasteiger partial charge in [-0.15, -0.1) is 0 Å². The number of carbonyl (C=O) groups excluding carboxylic acids is 1. The van der Waals surface area contributed by atoms with E-state index >= 15 is 0 Å². The summed E-state index contributed by atoms with van der Waals surface area (Å²) in [5.74, 6) is -0.196. The van der Waals surface area contributed by atoms with E-state index in [-0.39, 0.29) is 19.1 Å². The third-order valence-corrected chi connectivity index (χ3v) is 20.4. The summed E-state index contributed by atoms with van der Waals surface area (Å²) in [4.78, 5) is 25.7. The lowest BCUT2D eigenvalue weighted by Gasteiger charge is -2.29. The van der Waals surface area contributed by atoms with Gasteiger partial charge in [-0.25, -0.2) is 0 Å². The summed E-state index contributed by atoms with van der Waals surface area (Å²) < 4.78 is 23.5. The van der Waals surface area contributed by atoms with Gasteiger partial charge in [0, 0.05) is 6.42 Å². The minimum Gasteiger partial charge on any atom is -0.756 e. The summed E-state index contributed by atoms with van der Waals surface area (Å²) >= 11 is 0. The molecule has 0 aromatic rings. The van der Waals surface area contributed by atoms with Gasteiger partial charge in [0.2, 0.25) is 5.91 Å². The first-order chi connectivity index (χ1) is 44.5. The van der Waals surface area contributed by atoms with Crippen molar-refractivity contribution >= 4 is 13.7 Å². The Labute approximate surface area is 570 Å². The molecule has 0 bridgehead atoms. The second kappa shape index (κ2) is 73.2. The standard InChI is InChI=1S/C82H163N2O6P/c1-6-8-10-12-14-16-18-20-22-24-26-28-30-32-34-36-37-38-39-40-41-42-43-44-45-46-48-50-52-54-56-58-60-62-64-66-68-70-72-74-76-82(86)83-80(79-90-91(87,88)89-78-77-84(3,4)5)81(85)75-73-71-69-67-65-63-61-59-57-55-53-51-49-47-35-33-31-29-27-25-23-21-19-17-15-13-11-9-7-2/h65,67,73,75,80-81,85H,6-64,66,68-72,74,76-79H2,1-5H3,(H-,83,86,87,88)/b67-65+,75-73+. The average Bonchev–Trinajstić information content (AvgIpc) is 3.73. The third-order valence-electron chi connectivity index (χ3n) is 19.4. The number of aliphatic hydroxyl groups is 1. The number of nitrogens with zero attached hydrogens (tertiary/aromatic N) is 1. The van der Waals surface area contributed by atoms with Crippen LogP contribution in [0.15, 0.2) is 24.3 Å². The molecule has 0 saturated carbocycles. The highest BCUT2D eigenvalue weighted by molar-refractivity contribution is 7.45. The normalized spacial score (nSPS) is 13.5. The minimum atomic E-state index is -4.61. The van der Waals surface area contributed by atoms with Crippen LogP contribution >= 0.6 is 7.82 Å². The van der Waals surface area contributed by atoms with E-state index in [0.717, 1.165) is 38.5 Å². The number of phosphoric acid groups is 1. The number of rotatable bonds is 78. The van der Waals surface area contributed by atoms with Gasteiger partial charge in [-0.05, 0) is 32.1 Å². The van der Waals surface area contributed by atoms with E-state index in [1.165, 1.54) is 385 Å². The molecule has 91 heavy (non-hydrogen) atoms. The monoisotopic (exact) mass is 1300 g/mol. The van der Waals surface area contributed by atoms with Crippen molar-refractivity contribution in [2.45, 2.75) is 456 Å². The Bertz CT molecular complexity index is 1530. The number of likely N-dealkylation sites (N-methyl/N-ethyl adjacent to an activating group) is 1. The van der Waals surface area contributed by atoms with E-state index in [1.807, 2.05) is 27.2 Å². The molecule has 2 N–H and O–H groups in total. The first-order valence-corrected chi connectivity index (χ1v) is 42.7. The molecule has 0 aliphatic heterocycles. The van der Waals surface area contributed by atoms with E-state index in [9.17, 15) is 19.4 Å². The Morgan fingerprint density at radius 3 is 0.890 bits per heavy atom. The summed E-state index contributed by atoms with van der Waals surface area (Å²) in [5.41, 5.74) is 0. The van der Waals surface area contributed by atoms with Crippen molar-refractivity contribution in [2.24, 2.45) is 0 Å². The second-order valence-electron chi connectivity index (χ2n) is 29.8. The van der Waals surface area contributed by atoms with Crippen molar-refractivity contribution in [3.8, 4) is 0 Å². The smallest absolute Gasteiger partial charge is 0.268 e. The number of allylic oxidation sites excluding steroid dienone is 3. The lowest BCUT2D eigenvalue weighted by atomic mass is 10.0. The van der Waals surface area contributed by atoms with Crippen molar-refractivity contribution in [1.82, 2.24) is 5.32 Å². The Kier molecular flexibility index (Phi) is 72.4. The second-order valence-corrected chi connectivity index (χ2v) is 31.2. The van der Waals surface area contributed by atoms with Crippen molar-refractivity contribution in [3.05, 3.63) is 24.3 Å². The molecule has 9 heteroatoms. The van der Waals surface area contributed by atoms with Crippen LogP contribution in [0.25, 0.3) is 0 Å². The van der Waals surface area contributed by atoms with Gasteiger partial charge in [-0.3, -0.25) is 9.36 Å². The zero-order valence-corrected chi connectivity index (χ0v) is 63.2. The fourth-order valence-corrected chi connectivity index (χ4v) is 13.8. The lowest BCUT2D eigenvalue weighted by molar-refractivity contribution is -0.870. The van der Waals surface area contributed by atoms with Gasteiger partial charge in [0.05, 0.1) is 39.9 Å². The zero-order valence-electron chi connectivity index (χ0n) is 62.3. The van der Waals surface area contributed by atoms with Crippen molar-refractivity contribution in [3.63, 3.8) is 0 Å². The molecule has 0 rings (SSSR count). The predicted molar refractivity (Wildman–Crippen MR) is 399 cm³/mol. The SMILES string of the molecule is CCCCCCCCCCCCCCCCCCCCCCCCC/C=C/CC/C=C/C(O)C(COP(=O)([O-])OCC[N+](C)(C)C)NC(=O)CCCCCCCCCCCCCCCCCCCCCCCCCCCCCCCCCCCCCCCCCC. The molecule has 3 atom stereocenters. The molecule has 1 amide bonds. The summed E-state index contributed by atoms with van der Waals surface area (Å²) in [6.07, 6.45) is 98.1. The van der Waals surface area contributed by atoms with Gasteiger partial charge >= 0.3 is 0 Å². The number of hydrogen-bond acceptors (Lipinski definition) is 6. The van der Waals surface area contributed by atoms with Crippen LogP contribution in [0.3, 0.4) is 0 Å². The highest BCUT2D eigenvalue weighted by Gasteiger charge is 2.23. The number of phosphoric ester groups is 1. The van der Waals surface area contributed by atoms with Crippen LogP contribution in [0, 0.1) is 0 Å². The Balaban J connectivity index is 3.91. The Hall–Kier alpha value is -1.02. The van der Waals surface area contributed by atoms with E-state index in [0.29, 0.717) is 17.4 Å². The molecule has 542 valence electrons. The molecular formula is C82H163N2O6P. The van der Waals surface area contributed by atoms with Gasteiger partial charge in [0.25, 0.3) is 7.82 Å². The number of quaternary nitrogens is 1.